The van der Waals surface area contributed by atoms with Crippen molar-refractivity contribution in [1.82, 2.24) is 9.62 Å². The van der Waals surface area contributed by atoms with Crippen molar-refractivity contribution < 1.29 is 13.2 Å². The van der Waals surface area contributed by atoms with Crippen LogP contribution in [0.3, 0.4) is 0 Å². The molecule has 0 unspecified atom stereocenters. The van der Waals surface area contributed by atoms with Gasteiger partial charge in [-0.15, -0.1) is 0 Å². The van der Waals surface area contributed by atoms with E-state index in [9.17, 15) is 13.2 Å². The fourth-order valence-electron chi connectivity index (χ4n) is 2.11. The standard InChI is InChI=1S/C10H20N2O3S/c1-11-10(13)8-12(16(2,14)15)9-6-4-3-5-7-9/h9H,3-8H2,1-2H3,(H,11,13). The van der Waals surface area contributed by atoms with Gasteiger partial charge >= 0.3 is 0 Å². The van der Waals surface area contributed by atoms with Gasteiger partial charge in [0.2, 0.25) is 15.9 Å². The van der Waals surface area contributed by atoms with Gasteiger partial charge in [-0.05, 0) is 12.8 Å². The summed E-state index contributed by atoms with van der Waals surface area (Å²) in [6.07, 6.45) is 6.15. The minimum absolute atomic E-state index is 0.000972. The minimum atomic E-state index is -3.30. The normalized spacial score (nSPS) is 18.7. The molecule has 1 aliphatic rings. The zero-order chi connectivity index (χ0) is 12.2. The van der Waals surface area contributed by atoms with E-state index in [1.807, 2.05) is 0 Å². The van der Waals surface area contributed by atoms with Crippen molar-refractivity contribution in [3.05, 3.63) is 0 Å². The third-order valence-corrected chi connectivity index (χ3v) is 4.27. The van der Waals surface area contributed by atoms with Crippen LogP contribution in [0.15, 0.2) is 0 Å². The highest BCUT2D eigenvalue weighted by molar-refractivity contribution is 7.88. The summed E-state index contributed by atoms with van der Waals surface area (Å²) in [6, 6.07) is 0.000972. The van der Waals surface area contributed by atoms with E-state index in [0.29, 0.717) is 0 Å². The largest absolute Gasteiger partial charge is 0.358 e. The van der Waals surface area contributed by atoms with Crippen molar-refractivity contribution in [1.29, 1.82) is 0 Å². The zero-order valence-electron chi connectivity index (χ0n) is 9.90. The van der Waals surface area contributed by atoms with Crippen molar-refractivity contribution >= 4 is 15.9 Å². The number of hydrogen-bond donors (Lipinski definition) is 1. The second kappa shape index (κ2) is 5.63. The highest BCUT2D eigenvalue weighted by Gasteiger charge is 2.29. The fraction of sp³-hybridized carbons (Fsp3) is 0.900. The molecule has 94 valence electrons. The second-order valence-electron chi connectivity index (χ2n) is 4.27. The molecule has 6 heteroatoms. The molecular weight excluding hydrogens is 228 g/mol. The minimum Gasteiger partial charge on any atom is -0.358 e. The Morgan fingerprint density at radius 1 is 1.31 bits per heavy atom. The van der Waals surface area contributed by atoms with Crippen molar-refractivity contribution in [2.24, 2.45) is 0 Å². The molecule has 1 rings (SSSR count). The lowest BCUT2D eigenvalue weighted by Gasteiger charge is -2.31. The summed E-state index contributed by atoms with van der Waals surface area (Å²) >= 11 is 0. The Labute approximate surface area is 97.2 Å². The molecule has 0 aromatic carbocycles. The van der Waals surface area contributed by atoms with Crippen LogP contribution in [0.2, 0.25) is 0 Å². The molecule has 0 bridgehead atoms. The van der Waals surface area contributed by atoms with Crippen LogP contribution in [-0.4, -0.2) is 44.5 Å². The maximum absolute atomic E-state index is 11.6. The molecule has 1 fully saturated rings. The first kappa shape index (κ1) is 13.4. The molecule has 0 aromatic heterocycles. The molecule has 0 aromatic rings. The van der Waals surface area contributed by atoms with E-state index in [4.69, 9.17) is 0 Å². The van der Waals surface area contributed by atoms with Crippen LogP contribution in [0.25, 0.3) is 0 Å². The Kier molecular flexibility index (Phi) is 4.73. The molecule has 0 spiro atoms. The van der Waals surface area contributed by atoms with E-state index in [0.717, 1.165) is 32.1 Å². The fourth-order valence-corrected chi connectivity index (χ4v) is 3.21. The number of carbonyl (C=O) groups excluding carboxylic acids is 1. The smallest absolute Gasteiger partial charge is 0.235 e. The summed E-state index contributed by atoms with van der Waals surface area (Å²) < 4.78 is 24.6. The average molecular weight is 248 g/mol. The van der Waals surface area contributed by atoms with Gasteiger partial charge in [-0.1, -0.05) is 19.3 Å². The summed E-state index contributed by atoms with van der Waals surface area (Å²) in [4.78, 5) is 11.3. The topological polar surface area (TPSA) is 66.5 Å². The molecule has 0 aliphatic heterocycles. The van der Waals surface area contributed by atoms with Crippen LogP contribution in [0.4, 0.5) is 0 Å². The van der Waals surface area contributed by atoms with Gasteiger partial charge in [-0.3, -0.25) is 4.79 Å². The molecule has 1 aliphatic carbocycles. The maximum atomic E-state index is 11.6. The third-order valence-electron chi connectivity index (χ3n) is 2.99. The van der Waals surface area contributed by atoms with Gasteiger partial charge in [-0.25, -0.2) is 8.42 Å². The van der Waals surface area contributed by atoms with Gasteiger partial charge in [0.25, 0.3) is 0 Å². The van der Waals surface area contributed by atoms with Crippen molar-refractivity contribution in [3.8, 4) is 0 Å². The van der Waals surface area contributed by atoms with Crippen LogP contribution >= 0.6 is 0 Å². The number of amides is 1. The molecule has 1 saturated carbocycles. The van der Waals surface area contributed by atoms with Gasteiger partial charge in [0.05, 0.1) is 12.8 Å². The van der Waals surface area contributed by atoms with E-state index in [2.05, 4.69) is 5.32 Å². The van der Waals surface area contributed by atoms with Crippen LogP contribution in [-0.2, 0) is 14.8 Å². The number of likely N-dealkylation sites (N-methyl/N-ethyl adjacent to an activating group) is 1. The first-order valence-corrected chi connectivity index (χ1v) is 7.47. The second-order valence-corrected chi connectivity index (χ2v) is 6.21. The van der Waals surface area contributed by atoms with Gasteiger partial charge in [0.15, 0.2) is 0 Å². The molecule has 0 radical (unpaired) electrons. The first-order valence-electron chi connectivity index (χ1n) is 5.62. The first-order chi connectivity index (χ1) is 7.45. The highest BCUT2D eigenvalue weighted by atomic mass is 32.2. The van der Waals surface area contributed by atoms with Gasteiger partial charge in [0, 0.05) is 13.1 Å². The average Bonchev–Trinajstić information content (AvgIpc) is 2.25. The molecule has 1 amide bonds. The summed E-state index contributed by atoms with van der Waals surface area (Å²) in [7, 11) is -1.78. The lowest BCUT2D eigenvalue weighted by molar-refractivity contribution is -0.121. The molecule has 0 heterocycles. The third kappa shape index (κ3) is 3.75. The maximum Gasteiger partial charge on any atom is 0.235 e. The van der Waals surface area contributed by atoms with E-state index in [1.165, 1.54) is 17.6 Å². The van der Waals surface area contributed by atoms with Crippen molar-refractivity contribution in [2.45, 2.75) is 38.1 Å². The van der Waals surface area contributed by atoms with E-state index < -0.39 is 10.0 Å². The van der Waals surface area contributed by atoms with Crippen molar-refractivity contribution in [2.75, 3.05) is 19.8 Å². The Morgan fingerprint density at radius 3 is 2.31 bits per heavy atom. The Bertz CT molecular complexity index is 334. The summed E-state index contributed by atoms with van der Waals surface area (Å²) in [5, 5.41) is 2.46. The molecule has 16 heavy (non-hydrogen) atoms. The van der Waals surface area contributed by atoms with Crippen molar-refractivity contribution in [3.63, 3.8) is 0 Å². The van der Waals surface area contributed by atoms with E-state index in [1.54, 1.807) is 0 Å². The van der Waals surface area contributed by atoms with E-state index >= 15 is 0 Å². The Balaban J connectivity index is 2.74. The summed E-state index contributed by atoms with van der Waals surface area (Å²) in [5.74, 6) is -0.254. The molecule has 0 saturated heterocycles. The van der Waals surface area contributed by atoms with Crippen LogP contribution in [0, 0.1) is 0 Å². The van der Waals surface area contributed by atoms with Crippen LogP contribution in [0.5, 0.6) is 0 Å². The van der Waals surface area contributed by atoms with Gasteiger partial charge < -0.3 is 5.32 Å². The lowest BCUT2D eigenvalue weighted by atomic mass is 9.95. The van der Waals surface area contributed by atoms with E-state index in [-0.39, 0.29) is 18.5 Å². The number of nitrogens with one attached hydrogen (secondary N) is 1. The SMILES string of the molecule is CNC(=O)CN(C1CCCCC1)S(C)(=O)=O. The molecule has 1 N–H and O–H groups in total. The molecule has 0 atom stereocenters. The highest BCUT2D eigenvalue weighted by Crippen LogP contribution is 2.24. The quantitative estimate of drug-likeness (QED) is 0.779. The predicted molar refractivity (Wildman–Crippen MR) is 62.5 cm³/mol. The Morgan fingerprint density at radius 2 is 1.88 bits per heavy atom. The monoisotopic (exact) mass is 248 g/mol. The van der Waals surface area contributed by atoms with Gasteiger partial charge in [0.1, 0.15) is 0 Å². The number of sulfonamides is 1. The summed E-state index contributed by atoms with van der Waals surface area (Å²) in [5.41, 5.74) is 0. The predicted octanol–water partition coefficient (Wildman–Crippen LogP) is 0.327. The lowest BCUT2D eigenvalue weighted by Crippen LogP contribution is -2.46. The number of hydrogen-bond acceptors (Lipinski definition) is 3. The number of nitrogens with zero attached hydrogens (tertiary/aromatic N) is 1. The number of rotatable bonds is 4. The number of carbonyl (C=O) groups is 1. The van der Waals surface area contributed by atoms with Gasteiger partial charge in [-0.2, -0.15) is 4.31 Å². The van der Waals surface area contributed by atoms with Crippen LogP contribution < -0.4 is 5.32 Å². The molecular formula is C10H20N2O3S. The Hall–Kier alpha value is -0.620. The summed E-state index contributed by atoms with van der Waals surface area (Å²) in [6.45, 7) is -0.0556. The molecule has 5 nitrogen and oxygen atoms in total. The zero-order valence-corrected chi connectivity index (χ0v) is 10.7. The van der Waals surface area contributed by atoms with Crippen LogP contribution in [0.1, 0.15) is 32.1 Å².